The van der Waals surface area contributed by atoms with Gasteiger partial charge >= 0.3 is 11.9 Å². The summed E-state index contributed by atoms with van der Waals surface area (Å²) in [6.45, 7) is 1.36. The van der Waals surface area contributed by atoms with Gasteiger partial charge in [-0.25, -0.2) is 4.79 Å². The monoisotopic (exact) mass is 505 g/mol. The van der Waals surface area contributed by atoms with Crippen LogP contribution in [0.2, 0.25) is 0 Å². The number of methoxy groups -OCH3 is 4. The van der Waals surface area contributed by atoms with Gasteiger partial charge in [-0.2, -0.15) is 0 Å². The van der Waals surface area contributed by atoms with Crippen LogP contribution >= 0.6 is 0 Å². The van der Waals surface area contributed by atoms with Crippen molar-refractivity contribution in [1.82, 2.24) is 5.32 Å². The van der Waals surface area contributed by atoms with Gasteiger partial charge < -0.3 is 29.0 Å². The Balaban J connectivity index is 2.08. The molecule has 1 N–H and O–H groups in total. The highest BCUT2D eigenvalue weighted by Gasteiger charge is 2.50. The maximum atomic E-state index is 14.2. The Hall–Kier alpha value is -2.32. The zero-order valence-electron chi connectivity index (χ0n) is 22.4. The van der Waals surface area contributed by atoms with E-state index in [1.54, 1.807) is 28.4 Å². The molecule has 202 valence electrons. The first-order chi connectivity index (χ1) is 17.5. The number of benzene rings is 1. The van der Waals surface area contributed by atoms with Crippen LogP contribution in [0.15, 0.2) is 12.1 Å². The lowest BCUT2D eigenvalue weighted by Crippen LogP contribution is -2.49. The Morgan fingerprint density at radius 2 is 1.56 bits per heavy atom. The van der Waals surface area contributed by atoms with Crippen molar-refractivity contribution in [3.8, 4) is 17.2 Å². The zero-order valence-corrected chi connectivity index (χ0v) is 22.4. The molecule has 1 aromatic rings. The molecule has 1 aliphatic carbocycles. The third-order valence-electron chi connectivity index (χ3n) is 7.80. The van der Waals surface area contributed by atoms with E-state index in [0.29, 0.717) is 36.7 Å². The minimum Gasteiger partial charge on any atom is -0.493 e. The molecule has 0 radical (unpaired) electrons. The molecule has 2 aliphatic rings. The standard InChI is InChI=1S/C28H43NO7/c1-32-17-11-9-15-28(20-12-6-5-7-13-20,27(31)36-26(30)22-14-8-10-16-29-22)21-18-23(33-2)25(35-4)24(19-21)34-3/h18-20,22,29H,5-17H2,1-4H3/t22?,28-/m0/s1. The molecule has 2 fully saturated rings. The minimum atomic E-state index is -1.01. The number of piperidine rings is 1. The molecule has 1 saturated carbocycles. The summed E-state index contributed by atoms with van der Waals surface area (Å²) in [4.78, 5) is 27.3. The molecular weight excluding hydrogens is 462 g/mol. The number of hydrogen-bond acceptors (Lipinski definition) is 8. The number of ether oxygens (including phenoxy) is 5. The van der Waals surface area contributed by atoms with Crippen LogP contribution in [0.4, 0.5) is 0 Å². The third-order valence-corrected chi connectivity index (χ3v) is 7.80. The Labute approximate surface area is 215 Å². The summed E-state index contributed by atoms with van der Waals surface area (Å²) in [6, 6.07) is 3.27. The second kappa shape index (κ2) is 13.8. The van der Waals surface area contributed by atoms with Gasteiger partial charge in [-0.15, -0.1) is 0 Å². The summed E-state index contributed by atoms with van der Waals surface area (Å²) < 4.78 is 27.9. The maximum absolute atomic E-state index is 14.2. The number of nitrogens with one attached hydrogen (secondary N) is 1. The van der Waals surface area contributed by atoms with Crippen LogP contribution < -0.4 is 19.5 Å². The van der Waals surface area contributed by atoms with Gasteiger partial charge in [-0.3, -0.25) is 4.79 Å². The van der Waals surface area contributed by atoms with Crippen molar-refractivity contribution in [2.45, 2.75) is 82.1 Å². The zero-order chi connectivity index (χ0) is 26.0. The molecule has 0 spiro atoms. The van der Waals surface area contributed by atoms with Crippen LogP contribution in [-0.4, -0.2) is 59.6 Å². The second-order valence-corrected chi connectivity index (χ2v) is 9.88. The molecule has 1 aliphatic heterocycles. The quantitative estimate of drug-likeness (QED) is 0.251. The van der Waals surface area contributed by atoms with E-state index < -0.39 is 23.4 Å². The lowest BCUT2D eigenvalue weighted by molar-refractivity contribution is -0.168. The predicted molar refractivity (Wildman–Crippen MR) is 137 cm³/mol. The number of esters is 2. The van der Waals surface area contributed by atoms with Gasteiger partial charge in [0.05, 0.1) is 26.7 Å². The number of carbonyl (C=O) groups excluding carboxylic acids is 2. The number of carbonyl (C=O) groups is 2. The van der Waals surface area contributed by atoms with Gasteiger partial charge in [0, 0.05) is 13.7 Å². The molecule has 0 amide bonds. The lowest BCUT2D eigenvalue weighted by Gasteiger charge is -2.41. The van der Waals surface area contributed by atoms with E-state index in [4.69, 9.17) is 23.7 Å². The Morgan fingerprint density at radius 1 is 0.889 bits per heavy atom. The van der Waals surface area contributed by atoms with E-state index in [9.17, 15) is 9.59 Å². The fraction of sp³-hybridized carbons (Fsp3) is 0.714. The summed E-state index contributed by atoms with van der Waals surface area (Å²) >= 11 is 0. The largest absolute Gasteiger partial charge is 0.493 e. The Bertz CT molecular complexity index is 836. The van der Waals surface area contributed by atoms with Gasteiger partial charge in [0.25, 0.3) is 0 Å². The van der Waals surface area contributed by atoms with E-state index in [-0.39, 0.29) is 5.92 Å². The molecule has 3 rings (SSSR count). The van der Waals surface area contributed by atoms with Crippen LogP contribution in [-0.2, 0) is 24.5 Å². The molecule has 8 heteroatoms. The van der Waals surface area contributed by atoms with E-state index in [2.05, 4.69) is 5.32 Å². The molecule has 0 bridgehead atoms. The SMILES string of the molecule is COCCCC[C@@](C(=O)OC(=O)C1CCCCN1)(c1cc(OC)c(OC)c(OC)c1)C1CCCCC1. The molecule has 8 nitrogen and oxygen atoms in total. The van der Waals surface area contributed by atoms with Crippen molar-refractivity contribution in [2.24, 2.45) is 5.92 Å². The summed E-state index contributed by atoms with van der Waals surface area (Å²) in [6.07, 6.45) is 9.77. The maximum Gasteiger partial charge on any atom is 0.330 e. The number of hydrogen-bond donors (Lipinski definition) is 1. The van der Waals surface area contributed by atoms with Crippen LogP contribution in [0.3, 0.4) is 0 Å². The van der Waals surface area contributed by atoms with Gasteiger partial charge in [0.1, 0.15) is 6.04 Å². The summed E-state index contributed by atoms with van der Waals surface area (Å²) in [5.41, 5.74) is -0.263. The van der Waals surface area contributed by atoms with E-state index >= 15 is 0 Å². The fourth-order valence-corrected chi connectivity index (χ4v) is 5.86. The van der Waals surface area contributed by atoms with Gasteiger partial charge in [-0.05, 0) is 75.1 Å². The van der Waals surface area contributed by atoms with Crippen LogP contribution in [0, 0.1) is 5.92 Å². The summed E-state index contributed by atoms with van der Waals surface area (Å²) in [5.74, 6) is 0.518. The topological polar surface area (TPSA) is 92.3 Å². The van der Waals surface area contributed by atoms with E-state index in [1.165, 1.54) is 0 Å². The molecule has 1 unspecified atom stereocenters. The fourth-order valence-electron chi connectivity index (χ4n) is 5.86. The van der Waals surface area contributed by atoms with E-state index in [1.807, 2.05) is 12.1 Å². The summed E-state index contributed by atoms with van der Waals surface area (Å²) in [5, 5.41) is 3.21. The van der Waals surface area contributed by atoms with E-state index in [0.717, 1.165) is 69.9 Å². The molecule has 1 aromatic carbocycles. The first kappa shape index (κ1) is 28.3. The predicted octanol–water partition coefficient (Wildman–Crippen LogP) is 4.56. The highest BCUT2D eigenvalue weighted by molar-refractivity contribution is 5.94. The minimum absolute atomic E-state index is 0.0382. The molecule has 1 heterocycles. The first-order valence-corrected chi connectivity index (χ1v) is 13.3. The number of rotatable bonds is 12. The molecule has 36 heavy (non-hydrogen) atoms. The van der Waals surface area contributed by atoms with Gasteiger partial charge in [-0.1, -0.05) is 25.7 Å². The van der Waals surface area contributed by atoms with Crippen molar-refractivity contribution >= 4 is 11.9 Å². The van der Waals surface area contributed by atoms with Crippen molar-refractivity contribution in [2.75, 3.05) is 41.6 Å². The molecule has 0 aromatic heterocycles. The van der Waals surface area contributed by atoms with Gasteiger partial charge in [0.2, 0.25) is 5.75 Å². The van der Waals surface area contributed by atoms with Crippen LogP contribution in [0.25, 0.3) is 0 Å². The molecular formula is C28H43NO7. The van der Waals surface area contributed by atoms with Crippen LogP contribution in [0.5, 0.6) is 17.2 Å². The van der Waals surface area contributed by atoms with Crippen LogP contribution in [0.1, 0.15) is 76.2 Å². The lowest BCUT2D eigenvalue weighted by atomic mass is 9.62. The Morgan fingerprint density at radius 3 is 2.11 bits per heavy atom. The molecule has 1 saturated heterocycles. The average molecular weight is 506 g/mol. The summed E-state index contributed by atoms with van der Waals surface area (Å²) in [7, 11) is 6.37. The highest BCUT2D eigenvalue weighted by Crippen LogP contribution is 2.50. The second-order valence-electron chi connectivity index (χ2n) is 9.88. The van der Waals surface area contributed by atoms with Crippen molar-refractivity contribution in [3.63, 3.8) is 0 Å². The smallest absolute Gasteiger partial charge is 0.330 e. The number of unbranched alkanes of at least 4 members (excludes halogenated alkanes) is 1. The Kier molecular flexibility index (Phi) is 10.9. The van der Waals surface area contributed by atoms with Crippen molar-refractivity contribution in [3.05, 3.63) is 17.7 Å². The highest BCUT2D eigenvalue weighted by atomic mass is 16.6. The van der Waals surface area contributed by atoms with Crippen molar-refractivity contribution < 1.29 is 33.3 Å². The van der Waals surface area contributed by atoms with Gasteiger partial charge in [0.15, 0.2) is 11.5 Å². The average Bonchev–Trinajstić information content (AvgIpc) is 2.93. The molecule has 2 atom stereocenters. The van der Waals surface area contributed by atoms with Crippen molar-refractivity contribution in [1.29, 1.82) is 0 Å². The normalized spacial score (nSPS) is 20.3. The first-order valence-electron chi connectivity index (χ1n) is 13.3. The third kappa shape index (κ3) is 6.32.